The number of aromatic nitrogens is 4. The summed E-state index contributed by atoms with van der Waals surface area (Å²) in [4.78, 5) is 51.0. The molecule has 3 rings (SSSR count). The molecular weight excluding hydrogens is 390 g/mol. The van der Waals surface area contributed by atoms with E-state index in [0.717, 1.165) is 0 Å². The molecular formula is C15H13N7O3S2. The fourth-order valence-electron chi connectivity index (χ4n) is 1.98. The number of nitrogens with two attached hydrogens (primary N) is 1. The zero-order valence-electron chi connectivity index (χ0n) is 13.7. The van der Waals surface area contributed by atoms with E-state index in [4.69, 9.17) is 5.73 Å². The van der Waals surface area contributed by atoms with E-state index in [-0.39, 0.29) is 24.4 Å². The van der Waals surface area contributed by atoms with Gasteiger partial charge in [-0.15, -0.1) is 22.7 Å². The molecule has 0 radical (unpaired) electrons. The number of nitrogens with zero attached hydrogens (tertiary/aromatic N) is 4. The number of nitrogens with one attached hydrogen (secondary N) is 2. The van der Waals surface area contributed by atoms with Crippen molar-refractivity contribution < 1.29 is 14.4 Å². The van der Waals surface area contributed by atoms with Crippen molar-refractivity contribution in [2.24, 2.45) is 5.73 Å². The van der Waals surface area contributed by atoms with Gasteiger partial charge in [0.1, 0.15) is 5.69 Å². The number of anilines is 2. The summed E-state index contributed by atoms with van der Waals surface area (Å²) in [6.07, 6.45) is 4.27. The molecule has 3 heterocycles. The van der Waals surface area contributed by atoms with Crippen molar-refractivity contribution >= 4 is 50.7 Å². The summed E-state index contributed by atoms with van der Waals surface area (Å²) in [6.45, 7) is 0. The molecule has 0 atom stereocenters. The normalized spacial score (nSPS) is 10.4. The molecule has 0 unspecified atom stereocenters. The molecule has 10 nitrogen and oxygen atoms in total. The molecule has 0 aliphatic heterocycles. The first-order chi connectivity index (χ1) is 13.0. The highest BCUT2D eigenvalue weighted by Gasteiger charge is 2.13. The van der Waals surface area contributed by atoms with E-state index in [0.29, 0.717) is 21.7 Å². The largest absolute Gasteiger partial charge is 0.369 e. The summed E-state index contributed by atoms with van der Waals surface area (Å²) in [7, 11) is 0. The minimum Gasteiger partial charge on any atom is -0.369 e. The van der Waals surface area contributed by atoms with Gasteiger partial charge in [0.25, 0.3) is 5.91 Å². The first kappa shape index (κ1) is 18.5. The number of hydrogen-bond donors (Lipinski definition) is 3. The number of amides is 3. The predicted molar refractivity (Wildman–Crippen MR) is 99.4 cm³/mol. The lowest BCUT2D eigenvalue weighted by Gasteiger charge is -2.00. The third-order valence-electron chi connectivity index (χ3n) is 3.06. The predicted octanol–water partition coefficient (Wildman–Crippen LogP) is 0.851. The van der Waals surface area contributed by atoms with Gasteiger partial charge >= 0.3 is 0 Å². The molecule has 3 aromatic rings. The molecule has 27 heavy (non-hydrogen) atoms. The lowest BCUT2D eigenvalue weighted by atomic mass is 10.3. The van der Waals surface area contributed by atoms with Crippen LogP contribution in [0.3, 0.4) is 0 Å². The van der Waals surface area contributed by atoms with Gasteiger partial charge in [-0.05, 0) is 0 Å². The third kappa shape index (κ3) is 5.36. The topological polar surface area (TPSA) is 153 Å². The highest BCUT2D eigenvalue weighted by molar-refractivity contribution is 7.14. The van der Waals surface area contributed by atoms with Crippen molar-refractivity contribution in [1.29, 1.82) is 0 Å². The van der Waals surface area contributed by atoms with Crippen LogP contribution >= 0.6 is 22.7 Å². The monoisotopic (exact) mass is 403 g/mol. The maximum atomic E-state index is 12.1. The minimum atomic E-state index is -0.489. The van der Waals surface area contributed by atoms with Gasteiger partial charge in [0.05, 0.1) is 30.4 Å². The Hall–Kier alpha value is -3.25. The lowest BCUT2D eigenvalue weighted by Crippen LogP contribution is -2.16. The van der Waals surface area contributed by atoms with Crippen molar-refractivity contribution in [3.63, 3.8) is 0 Å². The number of rotatable bonds is 7. The molecule has 3 amide bonds. The van der Waals surface area contributed by atoms with Crippen LogP contribution < -0.4 is 16.4 Å². The minimum absolute atomic E-state index is 0.0161. The van der Waals surface area contributed by atoms with E-state index >= 15 is 0 Å². The van der Waals surface area contributed by atoms with Crippen LogP contribution in [0.15, 0.2) is 29.4 Å². The Labute approximate surface area is 160 Å². The smallest absolute Gasteiger partial charge is 0.277 e. The molecule has 0 spiro atoms. The van der Waals surface area contributed by atoms with Crippen LogP contribution in [0.25, 0.3) is 0 Å². The van der Waals surface area contributed by atoms with Crippen LogP contribution in [0.2, 0.25) is 0 Å². The SMILES string of the molecule is NC(=O)Cc1csc(NC(=O)Cc2csc(NC(=O)c3cnccn3)n2)n1. The highest BCUT2D eigenvalue weighted by Crippen LogP contribution is 2.18. The average Bonchev–Trinajstić information content (AvgIpc) is 3.24. The van der Waals surface area contributed by atoms with E-state index in [9.17, 15) is 14.4 Å². The second-order valence-corrected chi connectivity index (χ2v) is 6.92. The van der Waals surface area contributed by atoms with E-state index in [1.165, 1.54) is 41.3 Å². The van der Waals surface area contributed by atoms with Crippen molar-refractivity contribution in [3.8, 4) is 0 Å². The number of hydrogen-bond acceptors (Lipinski definition) is 9. The van der Waals surface area contributed by atoms with Gasteiger partial charge in [0.2, 0.25) is 11.8 Å². The Morgan fingerprint density at radius 3 is 2.26 bits per heavy atom. The van der Waals surface area contributed by atoms with Gasteiger partial charge in [-0.25, -0.2) is 15.0 Å². The molecule has 0 aliphatic carbocycles. The van der Waals surface area contributed by atoms with Crippen LogP contribution in [0.1, 0.15) is 21.9 Å². The van der Waals surface area contributed by atoms with Gasteiger partial charge in [0, 0.05) is 23.2 Å². The molecule has 0 bridgehead atoms. The molecule has 3 aromatic heterocycles. The standard InChI is InChI=1S/C15H13N7O3S2/c16-11(23)3-8-6-26-14(19-8)21-12(24)4-9-7-27-15(20-9)22-13(25)10-5-17-1-2-18-10/h1-2,5-7H,3-4H2,(H2,16,23)(H,19,21,24)(H,20,22,25). The summed E-state index contributed by atoms with van der Waals surface area (Å²) >= 11 is 2.40. The van der Waals surface area contributed by atoms with Crippen molar-refractivity contribution in [3.05, 3.63) is 46.4 Å². The van der Waals surface area contributed by atoms with E-state index < -0.39 is 11.8 Å². The van der Waals surface area contributed by atoms with Crippen molar-refractivity contribution in [2.75, 3.05) is 10.6 Å². The van der Waals surface area contributed by atoms with E-state index in [1.807, 2.05) is 0 Å². The summed E-state index contributed by atoms with van der Waals surface area (Å²) in [5, 5.41) is 9.30. The fourth-order valence-corrected chi connectivity index (χ4v) is 3.41. The van der Waals surface area contributed by atoms with E-state index in [1.54, 1.807) is 10.8 Å². The quantitative estimate of drug-likeness (QED) is 0.528. The van der Waals surface area contributed by atoms with Crippen LogP contribution in [0.5, 0.6) is 0 Å². The molecule has 138 valence electrons. The van der Waals surface area contributed by atoms with Crippen LogP contribution in [-0.2, 0) is 22.4 Å². The van der Waals surface area contributed by atoms with Crippen molar-refractivity contribution in [1.82, 2.24) is 19.9 Å². The Morgan fingerprint density at radius 2 is 1.63 bits per heavy atom. The van der Waals surface area contributed by atoms with Gasteiger partial charge in [-0.3, -0.25) is 24.7 Å². The Kier molecular flexibility index (Phi) is 5.78. The molecule has 4 N–H and O–H groups in total. The number of thiazole rings is 2. The van der Waals surface area contributed by atoms with Crippen LogP contribution in [0.4, 0.5) is 10.3 Å². The van der Waals surface area contributed by atoms with Gasteiger partial charge in [0.15, 0.2) is 10.3 Å². The Morgan fingerprint density at radius 1 is 0.963 bits per heavy atom. The maximum Gasteiger partial charge on any atom is 0.277 e. The maximum absolute atomic E-state index is 12.1. The summed E-state index contributed by atoms with van der Waals surface area (Å²) in [5.74, 6) is -1.23. The summed E-state index contributed by atoms with van der Waals surface area (Å²) in [5.41, 5.74) is 6.28. The fraction of sp³-hybridized carbons (Fsp3) is 0.133. The second kappa shape index (κ2) is 8.42. The summed E-state index contributed by atoms with van der Waals surface area (Å²) < 4.78 is 0. The number of primary amides is 1. The summed E-state index contributed by atoms with van der Waals surface area (Å²) in [6, 6.07) is 0. The number of carbonyl (C=O) groups is 3. The molecule has 0 aromatic carbocycles. The Balaban J connectivity index is 1.54. The van der Waals surface area contributed by atoms with Gasteiger partial charge in [-0.2, -0.15) is 0 Å². The number of carbonyl (C=O) groups excluding carboxylic acids is 3. The zero-order chi connectivity index (χ0) is 19.2. The third-order valence-corrected chi connectivity index (χ3v) is 4.68. The molecule has 0 saturated carbocycles. The van der Waals surface area contributed by atoms with E-state index in [2.05, 4.69) is 30.6 Å². The second-order valence-electron chi connectivity index (χ2n) is 5.20. The molecule has 0 aliphatic rings. The molecule has 0 fully saturated rings. The van der Waals surface area contributed by atoms with Gasteiger partial charge < -0.3 is 11.1 Å². The molecule has 0 saturated heterocycles. The van der Waals surface area contributed by atoms with Gasteiger partial charge in [-0.1, -0.05) is 0 Å². The van der Waals surface area contributed by atoms with Crippen LogP contribution in [-0.4, -0.2) is 37.7 Å². The first-order valence-electron chi connectivity index (χ1n) is 7.54. The lowest BCUT2D eigenvalue weighted by molar-refractivity contribution is -0.117. The van der Waals surface area contributed by atoms with Crippen molar-refractivity contribution in [2.45, 2.75) is 12.8 Å². The Bertz CT molecular complexity index is 971. The first-order valence-corrected chi connectivity index (χ1v) is 9.30. The van der Waals surface area contributed by atoms with Crippen LogP contribution in [0, 0.1) is 0 Å². The zero-order valence-corrected chi connectivity index (χ0v) is 15.3. The molecule has 12 heteroatoms. The average molecular weight is 403 g/mol. The highest BCUT2D eigenvalue weighted by atomic mass is 32.1.